The number of ether oxygens (including phenoxy) is 1. The van der Waals surface area contributed by atoms with Crippen molar-refractivity contribution in [2.24, 2.45) is 0 Å². The molecular weight excluding hydrogens is 206 g/mol. The van der Waals surface area contributed by atoms with Crippen LogP contribution in [0, 0.1) is 6.92 Å². The van der Waals surface area contributed by atoms with Crippen molar-refractivity contribution in [1.82, 2.24) is 4.98 Å². The van der Waals surface area contributed by atoms with Crippen LogP contribution < -0.4 is 10.3 Å². The Labute approximate surface area is 91.9 Å². The normalized spacial score (nSPS) is 10.4. The fourth-order valence-electron chi connectivity index (χ4n) is 1.85. The van der Waals surface area contributed by atoms with E-state index in [4.69, 9.17) is 4.74 Å². The van der Waals surface area contributed by atoms with E-state index in [0.717, 1.165) is 17.2 Å². The van der Waals surface area contributed by atoms with E-state index in [1.165, 1.54) is 13.2 Å². The summed E-state index contributed by atoms with van der Waals surface area (Å²) in [4.78, 5) is 24.8. The Bertz CT molecular complexity index is 613. The number of hydrogen-bond acceptors (Lipinski definition) is 3. The molecule has 4 heteroatoms. The minimum atomic E-state index is -0.186. The SMILES string of the molecule is COc1c(C=O)cc2[nH]c(=O)ccc2c1C. The van der Waals surface area contributed by atoms with Gasteiger partial charge in [-0.15, -0.1) is 0 Å². The van der Waals surface area contributed by atoms with Crippen LogP contribution in [-0.4, -0.2) is 18.4 Å². The minimum Gasteiger partial charge on any atom is -0.496 e. The predicted octanol–water partition coefficient (Wildman–Crippen LogP) is 1.66. The number of fused-ring (bicyclic) bond motifs is 1. The summed E-state index contributed by atoms with van der Waals surface area (Å²) in [7, 11) is 1.52. The summed E-state index contributed by atoms with van der Waals surface area (Å²) in [5.41, 5.74) is 1.74. The molecule has 1 N–H and O–H groups in total. The molecule has 0 fully saturated rings. The van der Waals surface area contributed by atoms with Gasteiger partial charge in [0.25, 0.3) is 0 Å². The van der Waals surface area contributed by atoms with Crippen LogP contribution >= 0.6 is 0 Å². The molecular formula is C12H11NO3. The van der Waals surface area contributed by atoms with Gasteiger partial charge < -0.3 is 9.72 Å². The van der Waals surface area contributed by atoms with E-state index in [9.17, 15) is 9.59 Å². The summed E-state index contributed by atoms with van der Waals surface area (Å²) in [6.45, 7) is 1.85. The molecule has 82 valence electrons. The van der Waals surface area contributed by atoms with Crippen molar-refractivity contribution in [3.8, 4) is 5.75 Å². The van der Waals surface area contributed by atoms with E-state index in [1.807, 2.05) is 6.92 Å². The molecule has 2 aromatic rings. The van der Waals surface area contributed by atoms with Gasteiger partial charge in [-0.05, 0) is 19.1 Å². The molecule has 4 nitrogen and oxygen atoms in total. The molecule has 1 aromatic heterocycles. The second-order valence-corrected chi connectivity index (χ2v) is 3.53. The highest BCUT2D eigenvalue weighted by molar-refractivity contribution is 5.93. The van der Waals surface area contributed by atoms with Crippen molar-refractivity contribution in [1.29, 1.82) is 0 Å². The highest BCUT2D eigenvalue weighted by Crippen LogP contribution is 2.28. The summed E-state index contributed by atoms with van der Waals surface area (Å²) in [6, 6.07) is 4.80. The Morgan fingerprint density at radius 3 is 2.75 bits per heavy atom. The molecule has 1 aromatic carbocycles. The number of aromatic amines is 1. The summed E-state index contributed by atoms with van der Waals surface area (Å²) in [5, 5.41) is 0.877. The van der Waals surface area contributed by atoms with Crippen LogP contribution in [0.25, 0.3) is 10.9 Å². The molecule has 16 heavy (non-hydrogen) atoms. The number of carbonyl (C=O) groups is 1. The molecule has 0 aliphatic carbocycles. The zero-order chi connectivity index (χ0) is 11.7. The first kappa shape index (κ1) is 10.4. The van der Waals surface area contributed by atoms with E-state index in [1.54, 1.807) is 12.1 Å². The number of aromatic nitrogens is 1. The number of methoxy groups -OCH3 is 1. The average molecular weight is 217 g/mol. The Balaban J connectivity index is 2.92. The number of benzene rings is 1. The number of H-pyrrole nitrogens is 1. The number of nitrogens with one attached hydrogen (secondary N) is 1. The molecule has 0 radical (unpaired) electrons. The fraction of sp³-hybridized carbons (Fsp3) is 0.167. The minimum absolute atomic E-state index is 0.186. The smallest absolute Gasteiger partial charge is 0.248 e. The Kier molecular flexibility index (Phi) is 2.48. The van der Waals surface area contributed by atoms with Crippen molar-refractivity contribution in [2.75, 3.05) is 7.11 Å². The highest BCUT2D eigenvalue weighted by Gasteiger charge is 2.10. The first-order chi connectivity index (χ1) is 7.67. The number of hydrogen-bond donors (Lipinski definition) is 1. The van der Waals surface area contributed by atoms with Crippen LogP contribution in [0.15, 0.2) is 23.0 Å². The van der Waals surface area contributed by atoms with Gasteiger partial charge in [-0.3, -0.25) is 9.59 Å². The van der Waals surface area contributed by atoms with Crippen LogP contribution in [0.3, 0.4) is 0 Å². The third kappa shape index (κ3) is 1.48. The Morgan fingerprint density at radius 2 is 2.12 bits per heavy atom. The number of rotatable bonds is 2. The molecule has 0 saturated carbocycles. The summed E-state index contributed by atoms with van der Waals surface area (Å²) >= 11 is 0. The maximum atomic E-state index is 11.2. The van der Waals surface area contributed by atoms with Crippen molar-refractivity contribution in [3.63, 3.8) is 0 Å². The lowest BCUT2D eigenvalue weighted by atomic mass is 10.0. The van der Waals surface area contributed by atoms with Gasteiger partial charge in [0.05, 0.1) is 12.7 Å². The van der Waals surface area contributed by atoms with Crippen molar-refractivity contribution >= 4 is 17.2 Å². The molecule has 0 aliphatic heterocycles. The lowest BCUT2D eigenvalue weighted by Crippen LogP contribution is -2.04. The lowest BCUT2D eigenvalue weighted by molar-refractivity contribution is 0.112. The van der Waals surface area contributed by atoms with E-state index < -0.39 is 0 Å². The van der Waals surface area contributed by atoms with Crippen LogP contribution in [0.2, 0.25) is 0 Å². The number of aldehydes is 1. The molecule has 0 unspecified atom stereocenters. The quantitative estimate of drug-likeness (QED) is 0.778. The second kappa shape index (κ2) is 3.81. The van der Waals surface area contributed by atoms with Gasteiger partial charge in [0.15, 0.2) is 6.29 Å². The van der Waals surface area contributed by atoms with E-state index in [0.29, 0.717) is 16.8 Å². The van der Waals surface area contributed by atoms with Gasteiger partial charge >= 0.3 is 0 Å². The summed E-state index contributed by atoms with van der Waals surface area (Å²) < 4.78 is 5.18. The maximum Gasteiger partial charge on any atom is 0.248 e. The van der Waals surface area contributed by atoms with Gasteiger partial charge in [-0.2, -0.15) is 0 Å². The van der Waals surface area contributed by atoms with Crippen molar-refractivity contribution in [3.05, 3.63) is 39.7 Å². The number of carbonyl (C=O) groups excluding carboxylic acids is 1. The summed E-state index contributed by atoms with van der Waals surface area (Å²) in [6.07, 6.45) is 0.719. The number of aryl methyl sites for hydroxylation is 1. The molecule has 0 spiro atoms. The Morgan fingerprint density at radius 1 is 1.38 bits per heavy atom. The topological polar surface area (TPSA) is 59.2 Å². The molecule has 0 aliphatic rings. The third-order valence-corrected chi connectivity index (χ3v) is 2.59. The lowest BCUT2D eigenvalue weighted by Gasteiger charge is -2.10. The second-order valence-electron chi connectivity index (χ2n) is 3.53. The van der Waals surface area contributed by atoms with Gasteiger partial charge in [-0.1, -0.05) is 0 Å². The van der Waals surface area contributed by atoms with E-state index >= 15 is 0 Å². The van der Waals surface area contributed by atoms with E-state index in [2.05, 4.69) is 4.98 Å². The zero-order valence-electron chi connectivity index (χ0n) is 9.03. The van der Waals surface area contributed by atoms with Crippen LogP contribution in [-0.2, 0) is 0 Å². The van der Waals surface area contributed by atoms with Crippen molar-refractivity contribution in [2.45, 2.75) is 6.92 Å². The highest BCUT2D eigenvalue weighted by atomic mass is 16.5. The molecule has 1 heterocycles. The Hall–Kier alpha value is -2.10. The predicted molar refractivity (Wildman–Crippen MR) is 61.2 cm³/mol. The monoisotopic (exact) mass is 217 g/mol. The van der Waals surface area contributed by atoms with Crippen LogP contribution in [0.5, 0.6) is 5.75 Å². The molecule has 2 rings (SSSR count). The van der Waals surface area contributed by atoms with Crippen LogP contribution in [0.1, 0.15) is 15.9 Å². The van der Waals surface area contributed by atoms with Crippen molar-refractivity contribution < 1.29 is 9.53 Å². The first-order valence-corrected chi connectivity index (χ1v) is 4.83. The third-order valence-electron chi connectivity index (χ3n) is 2.59. The average Bonchev–Trinajstić information content (AvgIpc) is 2.28. The largest absolute Gasteiger partial charge is 0.496 e. The molecule has 0 bridgehead atoms. The standard InChI is InChI=1S/C12H11NO3/c1-7-9-3-4-11(15)13-10(9)5-8(6-14)12(7)16-2/h3-6H,1-2H3,(H,13,15). The molecule has 0 saturated heterocycles. The summed E-state index contributed by atoms with van der Waals surface area (Å²) in [5.74, 6) is 0.551. The van der Waals surface area contributed by atoms with E-state index in [-0.39, 0.29) is 5.56 Å². The first-order valence-electron chi connectivity index (χ1n) is 4.83. The van der Waals surface area contributed by atoms with Gasteiger partial charge in [-0.25, -0.2) is 0 Å². The van der Waals surface area contributed by atoms with Gasteiger partial charge in [0, 0.05) is 22.5 Å². The fourth-order valence-corrected chi connectivity index (χ4v) is 1.85. The molecule has 0 atom stereocenters. The maximum absolute atomic E-state index is 11.2. The number of pyridine rings is 1. The van der Waals surface area contributed by atoms with Crippen LogP contribution in [0.4, 0.5) is 0 Å². The zero-order valence-corrected chi connectivity index (χ0v) is 9.03. The molecule has 0 amide bonds. The van der Waals surface area contributed by atoms with Gasteiger partial charge in [0.1, 0.15) is 5.75 Å². The van der Waals surface area contributed by atoms with Gasteiger partial charge in [0.2, 0.25) is 5.56 Å².